The molecule has 0 aliphatic rings. The van der Waals surface area contributed by atoms with E-state index in [4.69, 9.17) is 23.2 Å². The highest BCUT2D eigenvalue weighted by Crippen LogP contribution is 2.23. The van der Waals surface area contributed by atoms with Crippen molar-refractivity contribution in [2.24, 2.45) is 0 Å². The molecule has 0 aromatic heterocycles. The van der Waals surface area contributed by atoms with Crippen LogP contribution in [0.15, 0.2) is 22.7 Å². The van der Waals surface area contributed by atoms with E-state index in [1.807, 2.05) is 6.92 Å². The second kappa shape index (κ2) is 7.24. The van der Waals surface area contributed by atoms with Crippen molar-refractivity contribution >= 4 is 45.0 Å². The molecule has 1 aromatic rings. The van der Waals surface area contributed by atoms with Crippen molar-refractivity contribution < 1.29 is 4.79 Å². The molecule has 1 rings (SSSR count). The predicted molar refractivity (Wildman–Crippen MR) is 76.1 cm³/mol. The Morgan fingerprint density at radius 3 is 2.65 bits per heavy atom. The van der Waals surface area contributed by atoms with Crippen molar-refractivity contribution in [3.8, 4) is 0 Å². The lowest BCUT2D eigenvalue weighted by atomic mass is 10.2. The van der Waals surface area contributed by atoms with Crippen LogP contribution >= 0.6 is 39.1 Å². The molecular formula is C12H14BrCl2NO. The summed E-state index contributed by atoms with van der Waals surface area (Å²) in [4.78, 5) is 13.9. The van der Waals surface area contributed by atoms with Gasteiger partial charge in [-0.05, 0) is 40.5 Å². The highest BCUT2D eigenvalue weighted by molar-refractivity contribution is 9.10. The van der Waals surface area contributed by atoms with Crippen molar-refractivity contribution in [3.63, 3.8) is 0 Å². The van der Waals surface area contributed by atoms with Crippen LogP contribution in [0.4, 0.5) is 0 Å². The Bertz CT molecular complexity index is 392. The number of carbonyl (C=O) groups excluding carboxylic acids is 1. The maximum absolute atomic E-state index is 12.2. The van der Waals surface area contributed by atoms with Gasteiger partial charge >= 0.3 is 0 Å². The van der Waals surface area contributed by atoms with Gasteiger partial charge in [-0.1, -0.05) is 18.5 Å². The van der Waals surface area contributed by atoms with Crippen LogP contribution in [0.1, 0.15) is 23.7 Å². The minimum absolute atomic E-state index is 0.0260. The van der Waals surface area contributed by atoms with E-state index in [9.17, 15) is 4.79 Å². The largest absolute Gasteiger partial charge is 0.337 e. The monoisotopic (exact) mass is 337 g/mol. The van der Waals surface area contributed by atoms with Crippen LogP contribution in [0.25, 0.3) is 0 Å². The van der Waals surface area contributed by atoms with Crippen LogP contribution in [0.3, 0.4) is 0 Å². The fourth-order valence-corrected chi connectivity index (χ4v) is 2.13. The summed E-state index contributed by atoms with van der Waals surface area (Å²) in [7, 11) is 0. The molecule has 0 unspecified atom stereocenters. The molecule has 0 radical (unpaired) electrons. The number of hydrogen-bond acceptors (Lipinski definition) is 1. The molecule has 17 heavy (non-hydrogen) atoms. The average molecular weight is 339 g/mol. The van der Waals surface area contributed by atoms with Crippen LogP contribution in [0.5, 0.6) is 0 Å². The first-order chi connectivity index (χ1) is 8.10. The Kier molecular flexibility index (Phi) is 6.31. The first-order valence-electron chi connectivity index (χ1n) is 5.40. The molecule has 0 saturated heterocycles. The number of carbonyl (C=O) groups is 1. The summed E-state index contributed by atoms with van der Waals surface area (Å²) >= 11 is 15.0. The third-order valence-electron chi connectivity index (χ3n) is 2.30. The van der Waals surface area contributed by atoms with Gasteiger partial charge in [-0.2, -0.15) is 0 Å². The zero-order chi connectivity index (χ0) is 12.8. The van der Waals surface area contributed by atoms with Gasteiger partial charge in [-0.15, -0.1) is 11.6 Å². The van der Waals surface area contributed by atoms with Gasteiger partial charge in [0.15, 0.2) is 0 Å². The predicted octanol–water partition coefficient (Wildman–Crippen LogP) is 4.19. The molecule has 0 heterocycles. The number of benzene rings is 1. The quantitative estimate of drug-likeness (QED) is 0.737. The molecular weight excluding hydrogens is 325 g/mol. The number of nitrogens with zero attached hydrogens (tertiary/aromatic N) is 1. The van der Waals surface area contributed by atoms with Crippen molar-refractivity contribution in [1.82, 2.24) is 4.90 Å². The van der Waals surface area contributed by atoms with Crippen molar-refractivity contribution in [2.75, 3.05) is 19.0 Å². The van der Waals surface area contributed by atoms with E-state index in [-0.39, 0.29) is 5.91 Å². The van der Waals surface area contributed by atoms with E-state index in [0.717, 1.165) is 10.9 Å². The molecule has 0 aliphatic carbocycles. The van der Waals surface area contributed by atoms with Gasteiger partial charge in [-0.25, -0.2) is 0 Å². The summed E-state index contributed by atoms with van der Waals surface area (Å²) in [6, 6.07) is 5.21. The number of hydrogen-bond donors (Lipinski definition) is 0. The zero-order valence-electron chi connectivity index (χ0n) is 9.55. The van der Waals surface area contributed by atoms with Gasteiger partial charge < -0.3 is 4.90 Å². The summed E-state index contributed by atoms with van der Waals surface area (Å²) in [6.45, 7) is 3.30. The van der Waals surface area contributed by atoms with Crippen molar-refractivity contribution in [2.45, 2.75) is 13.3 Å². The first-order valence-corrected chi connectivity index (χ1v) is 7.11. The minimum Gasteiger partial charge on any atom is -0.337 e. The number of halogens is 3. The highest BCUT2D eigenvalue weighted by Gasteiger charge is 2.15. The molecule has 0 fully saturated rings. The summed E-state index contributed by atoms with van der Waals surface area (Å²) in [6.07, 6.45) is 0.910. The first kappa shape index (κ1) is 14.8. The number of alkyl halides is 1. The number of amides is 1. The lowest BCUT2D eigenvalue weighted by Crippen LogP contribution is -2.33. The van der Waals surface area contributed by atoms with E-state index < -0.39 is 0 Å². The van der Waals surface area contributed by atoms with E-state index >= 15 is 0 Å². The third kappa shape index (κ3) is 4.16. The topological polar surface area (TPSA) is 20.3 Å². The second-order valence-corrected chi connectivity index (χ2v) is 5.25. The molecule has 2 nitrogen and oxygen atoms in total. The summed E-state index contributed by atoms with van der Waals surface area (Å²) < 4.78 is 0.787. The Labute approximate surface area is 120 Å². The summed E-state index contributed by atoms with van der Waals surface area (Å²) in [5.41, 5.74) is 0.594. The standard InChI is InChI=1S/C12H14BrCl2NO/c1-2-6-16(7-5-14)12(17)9-3-4-10(13)11(15)8-9/h3-4,8H,2,5-7H2,1H3. The highest BCUT2D eigenvalue weighted by atomic mass is 79.9. The zero-order valence-corrected chi connectivity index (χ0v) is 12.6. The molecule has 0 N–H and O–H groups in total. The van der Waals surface area contributed by atoms with Gasteiger partial charge in [0, 0.05) is 29.0 Å². The Morgan fingerprint density at radius 1 is 1.41 bits per heavy atom. The van der Waals surface area contributed by atoms with Gasteiger partial charge in [0.05, 0.1) is 5.02 Å². The minimum atomic E-state index is -0.0260. The molecule has 0 spiro atoms. The Hall–Kier alpha value is -0.250. The van der Waals surface area contributed by atoms with Crippen LogP contribution in [0, 0.1) is 0 Å². The van der Waals surface area contributed by atoms with Gasteiger partial charge in [-0.3, -0.25) is 4.79 Å². The van der Waals surface area contributed by atoms with Crippen LogP contribution in [-0.4, -0.2) is 29.8 Å². The maximum Gasteiger partial charge on any atom is 0.253 e. The third-order valence-corrected chi connectivity index (χ3v) is 3.70. The van der Waals surface area contributed by atoms with E-state index in [0.29, 0.717) is 29.6 Å². The SMILES string of the molecule is CCCN(CCCl)C(=O)c1ccc(Br)c(Cl)c1. The Morgan fingerprint density at radius 2 is 2.12 bits per heavy atom. The fraction of sp³-hybridized carbons (Fsp3) is 0.417. The molecule has 0 aliphatic heterocycles. The lowest BCUT2D eigenvalue weighted by molar-refractivity contribution is 0.0765. The fourth-order valence-electron chi connectivity index (χ4n) is 1.50. The van der Waals surface area contributed by atoms with E-state index in [1.165, 1.54) is 0 Å². The molecule has 0 saturated carbocycles. The van der Waals surface area contributed by atoms with Crippen LogP contribution in [0.2, 0.25) is 5.02 Å². The van der Waals surface area contributed by atoms with Crippen LogP contribution in [-0.2, 0) is 0 Å². The van der Waals surface area contributed by atoms with Gasteiger partial charge in [0.1, 0.15) is 0 Å². The summed E-state index contributed by atoms with van der Waals surface area (Å²) in [5.74, 6) is 0.414. The Balaban J connectivity index is 2.88. The second-order valence-electron chi connectivity index (χ2n) is 3.61. The summed E-state index contributed by atoms with van der Waals surface area (Å²) in [5, 5.41) is 0.540. The van der Waals surface area contributed by atoms with Crippen LogP contribution < -0.4 is 0 Å². The van der Waals surface area contributed by atoms with Crippen molar-refractivity contribution in [1.29, 1.82) is 0 Å². The lowest BCUT2D eigenvalue weighted by Gasteiger charge is -2.21. The molecule has 1 amide bonds. The average Bonchev–Trinajstić information content (AvgIpc) is 2.31. The molecule has 0 bridgehead atoms. The van der Waals surface area contributed by atoms with Crippen molar-refractivity contribution in [3.05, 3.63) is 33.3 Å². The molecule has 0 atom stereocenters. The van der Waals surface area contributed by atoms with Gasteiger partial charge in [0.2, 0.25) is 0 Å². The van der Waals surface area contributed by atoms with Gasteiger partial charge in [0.25, 0.3) is 5.91 Å². The maximum atomic E-state index is 12.2. The molecule has 5 heteroatoms. The molecule has 1 aromatic carbocycles. The number of rotatable bonds is 5. The molecule has 94 valence electrons. The van der Waals surface area contributed by atoms with E-state index in [1.54, 1.807) is 23.1 Å². The smallest absolute Gasteiger partial charge is 0.253 e. The normalized spacial score (nSPS) is 10.4. The van der Waals surface area contributed by atoms with E-state index in [2.05, 4.69) is 15.9 Å².